The van der Waals surface area contributed by atoms with Crippen molar-refractivity contribution in [2.45, 2.75) is 24.2 Å². The largest absolute Gasteiger partial charge is 0.494 e. The molecule has 0 N–H and O–H groups in total. The van der Waals surface area contributed by atoms with Gasteiger partial charge in [-0.1, -0.05) is 11.6 Å². The zero-order valence-electron chi connectivity index (χ0n) is 16.5. The number of nitrogens with zero attached hydrogens (tertiary/aromatic N) is 2. The van der Waals surface area contributed by atoms with Gasteiger partial charge in [0.1, 0.15) is 11.6 Å². The third-order valence-corrected chi connectivity index (χ3v) is 7.04. The molecule has 1 aliphatic rings. The lowest BCUT2D eigenvalue weighted by molar-refractivity contribution is -0.131. The highest BCUT2D eigenvalue weighted by atomic mass is 35.5. The molecule has 1 fully saturated rings. The highest BCUT2D eigenvalue weighted by molar-refractivity contribution is 7.89. The first-order valence-corrected chi connectivity index (χ1v) is 11.6. The first-order chi connectivity index (χ1) is 14.4. The Hall–Kier alpha value is -2.16. The number of hydrogen-bond acceptors (Lipinski definition) is 4. The zero-order valence-corrected chi connectivity index (χ0v) is 18.0. The van der Waals surface area contributed by atoms with Gasteiger partial charge < -0.3 is 9.64 Å². The number of rotatable bonds is 7. The van der Waals surface area contributed by atoms with Gasteiger partial charge in [-0.15, -0.1) is 0 Å². The molecule has 0 aliphatic carbocycles. The van der Waals surface area contributed by atoms with Crippen LogP contribution in [0.15, 0.2) is 53.4 Å². The fraction of sp³-hybridized carbons (Fsp3) is 0.381. The van der Waals surface area contributed by atoms with E-state index in [0.29, 0.717) is 56.3 Å². The van der Waals surface area contributed by atoms with Gasteiger partial charge in [0.2, 0.25) is 15.9 Å². The monoisotopic (exact) mass is 454 g/mol. The lowest BCUT2D eigenvalue weighted by Gasteiger charge is -2.22. The molecule has 2 aromatic rings. The maximum absolute atomic E-state index is 13.1. The predicted molar refractivity (Wildman–Crippen MR) is 113 cm³/mol. The number of benzene rings is 2. The Morgan fingerprint density at radius 1 is 1.00 bits per heavy atom. The molecule has 6 nitrogen and oxygen atoms in total. The maximum Gasteiger partial charge on any atom is 0.243 e. The molecule has 0 aromatic heterocycles. The van der Waals surface area contributed by atoms with Crippen molar-refractivity contribution < 1.29 is 22.3 Å². The number of sulfonamides is 1. The van der Waals surface area contributed by atoms with Crippen LogP contribution >= 0.6 is 11.6 Å². The normalized spacial score (nSPS) is 15.6. The van der Waals surface area contributed by atoms with Crippen LogP contribution in [-0.4, -0.2) is 56.3 Å². The number of carbonyl (C=O) groups is 1. The van der Waals surface area contributed by atoms with E-state index >= 15 is 0 Å². The molecule has 0 spiro atoms. The standard InChI is InChI=1S/C21H24ClFN2O4S/c22-17-4-8-19(9-5-17)29-16-1-3-21(26)24-12-2-13-25(15-14-24)30(27,28)20-10-6-18(23)7-11-20/h4-11H,1-3,12-16H2. The van der Waals surface area contributed by atoms with Crippen molar-refractivity contribution in [2.75, 3.05) is 32.8 Å². The zero-order chi connectivity index (χ0) is 21.6. The molecular weight excluding hydrogens is 431 g/mol. The fourth-order valence-electron chi connectivity index (χ4n) is 3.24. The van der Waals surface area contributed by atoms with Gasteiger partial charge in [0.25, 0.3) is 0 Å². The summed E-state index contributed by atoms with van der Waals surface area (Å²) >= 11 is 5.83. The van der Waals surface area contributed by atoms with Gasteiger partial charge in [0, 0.05) is 37.6 Å². The Bertz CT molecular complexity index is 952. The van der Waals surface area contributed by atoms with Gasteiger partial charge in [-0.3, -0.25) is 4.79 Å². The summed E-state index contributed by atoms with van der Waals surface area (Å²) in [4.78, 5) is 14.3. The molecule has 1 heterocycles. The van der Waals surface area contributed by atoms with Crippen molar-refractivity contribution in [3.05, 3.63) is 59.4 Å². The van der Waals surface area contributed by atoms with E-state index in [1.807, 2.05) is 0 Å². The molecule has 162 valence electrons. The van der Waals surface area contributed by atoms with E-state index in [2.05, 4.69) is 0 Å². The van der Waals surface area contributed by atoms with E-state index in [0.717, 1.165) is 12.1 Å². The highest BCUT2D eigenvalue weighted by Gasteiger charge is 2.28. The summed E-state index contributed by atoms with van der Waals surface area (Å²) in [6, 6.07) is 11.8. The van der Waals surface area contributed by atoms with E-state index in [-0.39, 0.29) is 17.3 Å². The minimum Gasteiger partial charge on any atom is -0.494 e. The Kier molecular flexibility index (Phi) is 7.69. The number of halogens is 2. The lowest BCUT2D eigenvalue weighted by atomic mass is 10.2. The van der Waals surface area contributed by atoms with Crippen LogP contribution in [0.2, 0.25) is 5.02 Å². The van der Waals surface area contributed by atoms with Crippen LogP contribution in [0, 0.1) is 5.82 Å². The third-order valence-electron chi connectivity index (χ3n) is 4.88. The van der Waals surface area contributed by atoms with Crippen LogP contribution in [0.5, 0.6) is 5.75 Å². The molecule has 0 unspecified atom stereocenters. The molecule has 3 rings (SSSR count). The Labute approximate surface area is 181 Å². The summed E-state index contributed by atoms with van der Waals surface area (Å²) in [6.45, 7) is 1.78. The van der Waals surface area contributed by atoms with Crippen LogP contribution in [0.25, 0.3) is 0 Å². The molecule has 9 heteroatoms. The maximum atomic E-state index is 13.1. The topological polar surface area (TPSA) is 66.9 Å². The second kappa shape index (κ2) is 10.2. The van der Waals surface area contributed by atoms with Crippen LogP contribution in [0.4, 0.5) is 4.39 Å². The average molecular weight is 455 g/mol. The summed E-state index contributed by atoms with van der Waals surface area (Å²) in [5.74, 6) is 0.195. The van der Waals surface area contributed by atoms with Gasteiger partial charge in [-0.25, -0.2) is 12.8 Å². The van der Waals surface area contributed by atoms with E-state index in [1.54, 1.807) is 29.2 Å². The average Bonchev–Trinajstić information content (AvgIpc) is 3.00. The summed E-state index contributed by atoms with van der Waals surface area (Å²) in [7, 11) is -3.71. The Morgan fingerprint density at radius 2 is 1.70 bits per heavy atom. The van der Waals surface area contributed by atoms with Crippen molar-refractivity contribution in [1.82, 2.24) is 9.21 Å². The molecule has 0 atom stereocenters. The predicted octanol–water partition coefficient (Wildman–Crippen LogP) is 3.56. The number of amides is 1. The first kappa shape index (κ1) is 22.5. The van der Waals surface area contributed by atoms with E-state index in [4.69, 9.17) is 16.3 Å². The van der Waals surface area contributed by atoms with Gasteiger partial charge in [-0.2, -0.15) is 4.31 Å². The van der Waals surface area contributed by atoms with Crippen molar-refractivity contribution >= 4 is 27.5 Å². The van der Waals surface area contributed by atoms with Crippen molar-refractivity contribution in [1.29, 1.82) is 0 Å². The Morgan fingerprint density at radius 3 is 2.40 bits per heavy atom. The molecular formula is C21H24ClFN2O4S. The number of carbonyl (C=O) groups excluding carboxylic acids is 1. The molecule has 30 heavy (non-hydrogen) atoms. The molecule has 2 aromatic carbocycles. The minimum absolute atomic E-state index is 0.0178. The molecule has 0 radical (unpaired) electrons. The number of hydrogen-bond donors (Lipinski definition) is 0. The van der Waals surface area contributed by atoms with Crippen molar-refractivity contribution in [2.24, 2.45) is 0 Å². The van der Waals surface area contributed by atoms with E-state index in [1.165, 1.54) is 16.4 Å². The van der Waals surface area contributed by atoms with Crippen molar-refractivity contribution in [3.63, 3.8) is 0 Å². The van der Waals surface area contributed by atoms with Crippen LogP contribution in [0.3, 0.4) is 0 Å². The van der Waals surface area contributed by atoms with Crippen molar-refractivity contribution in [3.8, 4) is 5.75 Å². The first-order valence-electron chi connectivity index (χ1n) is 9.78. The molecule has 1 saturated heterocycles. The van der Waals surface area contributed by atoms with E-state index < -0.39 is 15.8 Å². The summed E-state index contributed by atoms with van der Waals surface area (Å²) in [6.07, 6.45) is 1.45. The lowest BCUT2D eigenvalue weighted by Crippen LogP contribution is -2.37. The second-order valence-corrected chi connectivity index (χ2v) is 9.37. The quantitative estimate of drug-likeness (QED) is 0.600. The van der Waals surface area contributed by atoms with Crippen LogP contribution in [0.1, 0.15) is 19.3 Å². The van der Waals surface area contributed by atoms with Gasteiger partial charge >= 0.3 is 0 Å². The molecule has 0 bridgehead atoms. The van der Waals surface area contributed by atoms with Gasteiger partial charge in [-0.05, 0) is 61.4 Å². The van der Waals surface area contributed by atoms with Gasteiger partial charge in [0.05, 0.1) is 11.5 Å². The van der Waals surface area contributed by atoms with E-state index in [9.17, 15) is 17.6 Å². The summed E-state index contributed by atoms with van der Waals surface area (Å²) < 4.78 is 45.6. The smallest absolute Gasteiger partial charge is 0.243 e. The number of ether oxygens (including phenoxy) is 1. The SMILES string of the molecule is O=C(CCCOc1ccc(Cl)cc1)N1CCCN(S(=O)(=O)c2ccc(F)cc2)CC1. The van der Waals surface area contributed by atoms with Crippen LogP contribution < -0.4 is 4.74 Å². The molecule has 1 amide bonds. The van der Waals surface area contributed by atoms with Crippen LogP contribution in [-0.2, 0) is 14.8 Å². The highest BCUT2D eigenvalue weighted by Crippen LogP contribution is 2.19. The Balaban J connectivity index is 1.47. The van der Waals surface area contributed by atoms with Gasteiger partial charge in [0.15, 0.2) is 0 Å². The second-order valence-electron chi connectivity index (χ2n) is 7.00. The third kappa shape index (κ3) is 5.93. The fourth-order valence-corrected chi connectivity index (χ4v) is 4.84. The summed E-state index contributed by atoms with van der Waals surface area (Å²) in [5, 5.41) is 0.633. The molecule has 0 saturated carbocycles. The molecule has 1 aliphatic heterocycles. The minimum atomic E-state index is -3.71. The summed E-state index contributed by atoms with van der Waals surface area (Å²) in [5.41, 5.74) is 0.